The van der Waals surface area contributed by atoms with E-state index in [1.165, 1.54) is 0 Å². The van der Waals surface area contributed by atoms with Crippen molar-refractivity contribution >= 4 is 24.0 Å². The molecule has 10 heteroatoms. The van der Waals surface area contributed by atoms with Crippen molar-refractivity contribution in [3.63, 3.8) is 0 Å². The number of hydrogen-bond donors (Lipinski definition) is 1. The molecule has 1 N–H and O–H groups in total. The average molecular weight is 569 g/mol. The molecule has 0 aromatic heterocycles. The van der Waals surface area contributed by atoms with Gasteiger partial charge < -0.3 is 29.9 Å². The van der Waals surface area contributed by atoms with Crippen molar-refractivity contribution in [1.29, 1.82) is 0 Å². The van der Waals surface area contributed by atoms with E-state index in [9.17, 15) is 19.8 Å². The fourth-order valence-corrected chi connectivity index (χ4v) is 5.92. The molecule has 0 bridgehead atoms. The Morgan fingerprint density at radius 2 is 1.34 bits per heavy atom. The van der Waals surface area contributed by atoms with E-state index in [1.54, 1.807) is 20.8 Å². The molecule has 2 amide bonds. The first-order valence-corrected chi connectivity index (χ1v) is 14.4. The van der Waals surface area contributed by atoms with E-state index in [0.717, 1.165) is 31.2 Å². The van der Waals surface area contributed by atoms with Crippen LogP contribution >= 0.6 is 0 Å². The quantitative estimate of drug-likeness (QED) is 0.437. The van der Waals surface area contributed by atoms with Gasteiger partial charge in [-0.05, 0) is 45.1 Å². The predicted octanol–water partition coefficient (Wildman–Crippen LogP) is 2.29. The van der Waals surface area contributed by atoms with Crippen LogP contribution in [0.15, 0.2) is 40.3 Å². The van der Waals surface area contributed by atoms with Gasteiger partial charge in [0, 0.05) is 30.8 Å². The van der Waals surface area contributed by atoms with Crippen molar-refractivity contribution in [2.75, 3.05) is 13.1 Å². The SMILES string of the molecule is CC(C)(C)OC([O-])=NC1(C)CN(Cc2ccccc2)C(=O)C12CC2.CC(C)(C)OC([O-])=NC1(C)CNC(=O)C12CC2. The van der Waals surface area contributed by atoms with Crippen molar-refractivity contribution in [3.05, 3.63) is 35.9 Å². The van der Waals surface area contributed by atoms with Crippen molar-refractivity contribution < 1.29 is 29.3 Å². The lowest BCUT2D eigenvalue weighted by molar-refractivity contribution is -0.262. The Hall–Kier alpha value is -3.30. The Morgan fingerprint density at radius 3 is 1.80 bits per heavy atom. The molecule has 2 aliphatic heterocycles. The zero-order valence-electron chi connectivity index (χ0n) is 25.6. The normalized spacial score (nSPS) is 28.3. The highest BCUT2D eigenvalue weighted by atomic mass is 16.6. The summed E-state index contributed by atoms with van der Waals surface area (Å²) in [6.07, 6.45) is 2.04. The highest BCUT2D eigenvalue weighted by molar-refractivity contribution is 5.91. The lowest BCUT2D eigenvalue weighted by Crippen LogP contribution is -2.40. The molecule has 4 fully saturated rings. The molecule has 226 valence electrons. The van der Waals surface area contributed by atoms with Gasteiger partial charge in [-0.25, -0.2) is 0 Å². The minimum absolute atomic E-state index is 0.0207. The summed E-state index contributed by atoms with van der Waals surface area (Å²) in [6.45, 7) is 16.0. The van der Waals surface area contributed by atoms with E-state index in [-0.39, 0.29) is 11.8 Å². The highest BCUT2D eigenvalue weighted by Gasteiger charge is 2.68. The highest BCUT2D eigenvalue weighted by Crippen LogP contribution is 2.61. The van der Waals surface area contributed by atoms with Crippen LogP contribution in [0, 0.1) is 10.8 Å². The maximum absolute atomic E-state index is 12.9. The van der Waals surface area contributed by atoms with Crippen molar-refractivity contribution in [2.24, 2.45) is 20.8 Å². The average Bonchev–Trinajstić information content (AvgIpc) is 3.73. The van der Waals surface area contributed by atoms with Gasteiger partial charge in [0.2, 0.25) is 11.8 Å². The Balaban J connectivity index is 0.000000201. The fourth-order valence-electron chi connectivity index (χ4n) is 5.92. The number of amides is 2. The minimum atomic E-state index is -0.707. The number of hydrogen-bond acceptors (Lipinski definition) is 8. The van der Waals surface area contributed by atoms with E-state index >= 15 is 0 Å². The maximum Gasteiger partial charge on any atom is 0.231 e. The summed E-state index contributed by atoms with van der Waals surface area (Å²) in [6, 6.07) is 9.90. The van der Waals surface area contributed by atoms with Crippen LogP contribution in [0.3, 0.4) is 0 Å². The molecule has 2 spiro atoms. The van der Waals surface area contributed by atoms with Gasteiger partial charge in [0.05, 0.1) is 21.9 Å². The number of nitrogens with zero attached hydrogens (tertiary/aromatic N) is 3. The first-order chi connectivity index (χ1) is 18.8. The molecule has 2 unspecified atom stereocenters. The number of ether oxygens (including phenoxy) is 2. The Kier molecular flexibility index (Phi) is 7.63. The summed E-state index contributed by atoms with van der Waals surface area (Å²) in [4.78, 5) is 34.9. The van der Waals surface area contributed by atoms with E-state index in [0.29, 0.717) is 19.6 Å². The van der Waals surface area contributed by atoms with E-state index in [1.807, 2.05) is 69.9 Å². The molecule has 10 nitrogen and oxygen atoms in total. The van der Waals surface area contributed by atoms with E-state index in [4.69, 9.17) is 9.47 Å². The third-order valence-corrected chi connectivity index (χ3v) is 8.46. The van der Waals surface area contributed by atoms with Gasteiger partial charge in [-0.1, -0.05) is 71.9 Å². The number of rotatable bonds is 4. The van der Waals surface area contributed by atoms with Crippen LogP contribution in [-0.2, 0) is 25.6 Å². The molecular formula is C31H44N4O6-2. The van der Waals surface area contributed by atoms with Crippen molar-refractivity contribution in [1.82, 2.24) is 10.2 Å². The Bertz CT molecular complexity index is 1220. The Labute approximate surface area is 243 Å². The molecule has 2 aliphatic carbocycles. The fraction of sp³-hybridized carbons (Fsp3) is 0.677. The summed E-state index contributed by atoms with van der Waals surface area (Å²) in [7, 11) is 0. The summed E-state index contributed by atoms with van der Waals surface area (Å²) >= 11 is 0. The van der Waals surface area contributed by atoms with Crippen molar-refractivity contribution in [2.45, 2.75) is 110 Å². The van der Waals surface area contributed by atoms with Crippen LogP contribution in [0.2, 0.25) is 0 Å². The lowest BCUT2D eigenvalue weighted by atomic mass is 9.86. The van der Waals surface area contributed by atoms with Crippen LogP contribution in [0.25, 0.3) is 0 Å². The maximum atomic E-state index is 12.9. The number of nitrogens with one attached hydrogen (secondary N) is 1. The van der Waals surface area contributed by atoms with E-state index < -0.39 is 45.3 Å². The zero-order chi connectivity index (χ0) is 30.5. The molecule has 41 heavy (non-hydrogen) atoms. The van der Waals surface area contributed by atoms with Gasteiger partial charge in [0.25, 0.3) is 0 Å². The van der Waals surface area contributed by atoms with Gasteiger partial charge >= 0.3 is 0 Å². The summed E-state index contributed by atoms with van der Waals surface area (Å²) in [5.41, 5.74) is -2.37. The predicted molar refractivity (Wildman–Crippen MR) is 152 cm³/mol. The number of carbonyl (C=O) groups is 2. The second-order valence-corrected chi connectivity index (χ2v) is 14.2. The lowest BCUT2D eigenvalue weighted by Gasteiger charge is -2.33. The topological polar surface area (TPSA) is 139 Å². The zero-order valence-corrected chi connectivity index (χ0v) is 25.6. The second kappa shape index (κ2) is 10.2. The van der Waals surface area contributed by atoms with Gasteiger partial charge in [0.1, 0.15) is 12.2 Å². The monoisotopic (exact) mass is 568 g/mol. The number of benzene rings is 1. The third-order valence-electron chi connectivity index (χ3n) is 8.46. The molecule has 2 saturated heterocycles. The minimum Gasteiger partial charge on any atom is -0.595 e. The second-order valence-electron chi connectivity index (χ2n) is 14.2. The summed E-state index contributed by atoms with van der Waals surface area (Å²) < 4.78 is 10.5. The molecular weight excluding hydrogens is 524 g/mol. The largest absolute Gasteiger partial charge is 0.595 e. The molecule has 2 atom stereocenters. The number of likely N-dealkylation sites (tertiary alicyclic amines) is 1. The van der Waals surface area contributed by atoms with Crippen LogP contribution in [-0.4, -0.2) is 64.3 Å². The van der Waals surface area contributed by atoms with Gasteiger partial charge in [-0.2, -0.15) is 0 Å². The summed E-state index contributed by atoms with van der Waals surface area (Å²) in [5.74, 6) is 0.133. The molecule has 4 aliphatic rings. The van der Waals surface area contributed by atoms with Crippen molar-refractivity contribution in [3.8, 4) is 0 Å². The molecule has 1 aromatic rings. The van der Waals surface area contributed by atoms with Gasteiger partial charge in [-0.3, -0.25) is 19.6 Å². The Morgan fingerprint density at radius 1 is 0.854 bits per heavy atom. The number of aliphatic imine (C=N–C) groups is 2. The van der Waals surface area contributed by atoms with Crippen LogP contribution in [0.4, 0.5) is 0 Å². The number of carbonyl (C=O) groups excluding carboxylic acids is 2. The standard InChI is InChI=1S/C19H26N2O3.C12H20N2O3/c1-17(2,3)24-16(23)20-18(4)13-21(15(22)19(18)10-11-19)12-14-8-6-5-7-9-14;1-10(2,3)17-9(16)14-11(4)7-13-8(15)12(11)5-6-12/h5-9H,10-13H2,1-4H3,(H,20,23);5-7H2,1-4H3,(H,13,15)(H,14,16)/p-2. The first kappa shape index (κ1) is 30.7. The molecule has 1 aromatic carbocycles. The van der Waals surface area contributed by atoms with Crippen LogP contribution < -0.4 is 15.5 Å². The smallest absolute Gasteiger partial charge is 0.231 e. The molecule has 2 heterocycles. The van der Waals surface area contributed by atoms with Crippen LogP contribution in [0.1, 0.15) is 86.6 Å². The summed E-state index contributed by atoms with van der Waals surface area (Å²) in [5, 5.41) is 26.7. The van der Waals surface area contributed by atoms with Gasteiger partial charge in [-0.15, -0.1) is 0 Å². The van der Waals surface area contributed by atoms with Crippen LogP contribution in [0.5, 0.6) is 0 Å². The molecule has 5 rings (SSSR count). The first-order valence-electron chi connectivity index (χ1n) is 14.4. The van der Waals surface area contributed by atoms with E-state index in [2.05, 4.69) is 15.3 Å². The molecule has 0 radical (unpaired) electrons. The third kappa shape index (κ3) is 6.31. The molecule has 2 saturated carbocycles. The van der Waals surface area contributed by atoms with Gasteiger partial charge in [0.15, 0.2) is 0 Å².